The predicted molar refractivity (Wildman–Crippen MR) is 41.2 cm³/mol. The van der Waals surface area contributed by atoms with Crippen LogP contribution in [0.4, 0.5) is 4.79 Å². The van der Waals surface area contributed by atoms with Crippen molar-refractivity contribution in [3.63, 3.8) is 0 Å². The molecule has 2 atom stereocenters. The number of carbonyl (C=O) groups is 2. The minimum Gasteiger partial charge on any atom is -0.480 e. The zero-order chi connectivity index (χ0) is 10.0. The number of amides is 1. The van der Waals surface area contributed by atoms with Crippen LogP contribution in [0.25, 0.3) is 0 Å². The standard InChI is InChI=1S/C7H11NO5/c1-13-7(12)8-3-4(9)2-5(8)6(10)11/h4-5,9H,2-3H2,1H3,(H,10,11)/t4-,5+/m0/s1. The Labute approximate surface area is 74.7 Å². The van der Waals surface area contributed by atoms with Crippen LogP contribution in [-0.4, -0.2) is 53.0 Å². The number of rotatable bonds is 1. The molecule has 74 valence electrons. The Morgan fingerprint density at radius 1 is 1.54 bits per heavy atom. The van der Waals surface area contributed by atoms with Gasteiger partial charge in [0.05, 0.1) is 19.8 Å². The Morgan fingerprint density at radius 2 is 2.15 bits per heavy atom. The Morgan fingerprint density at radius 3 is 2.62 bits per heavy atom. The van der Waals surface area contributed by atoms with Gasteiger partial charge in [-0.05, 0) is 0 Å². The molecule has 1 rings (SSSR count). The summed E-state index contributed by atoms with van der Waals surface area (Å²) in [7, 11) is 1.17. The number of carboxylic acid groups (broad SMARTS) is 1. The van der Waals surface area contributed by atoms with E-state index >= 15 is 0 Å². The highest BCUT2D eigenvalue weighted by atomic mass is 16.5. The predicted octanol–water partition coefficient (Wildman–Crippen LogP) is -0.727. The molecule has 6 heteroatoms. The third kappa shape index (κ3) is 1.89. The van der Waals surface area contributed by atoms with Crippen molar-refractivity contribution in [3.05, 3.63) is 0 Å². The smallest absolute Gasteiger partial charge is 0.410 e. The molecule has 0 unspecified atom stereocenters. The van der Waals surface area contributed by atoms with Gasteiger partial charge in [-0.1, -0.05) is 0 Å². The average Bonchev–Trinajstić information content (AvgIpc) is 2.46. The first-order valence-electron chi connectivity index (χ1n) is 3.81. The molecule has 0 aliphatic carbocycles. The lowest BCUT2D eigenvalue weighted by Gasteiger charge is -2.18. The molecule has 1 aliphatic heterocycles. The van der Waals surface area contributed by atoms with Gasteiger partial charge in [-0.25, -0.2) is 9.59 Å². The minimum atomic E-state index is -1.12. The van der Waals surface area contributed by atoms with Crippen molar-refractivity contribution in [1.82, 2.24) is 4.90 Å². The molecule has 0 saturated carbocycles. The first kappa shape index (κ1) is 9.79. The van der Waals surface area contributed by atoms with Crippen LogP contribution < -0.4 is 0 Å². The molecular weight excluding hydrogens is 178 g/mol. The van der Waals surface area contributed by atoms with Crippen molar-refractivity contribution >= 4 is 12.1 Å². The van der Waals surface area contributed by atoms with Crippen LogP contribution in [0.3, 0.4) is 0 Å². The van der Waals surface area contributed by atoms with Crippen LogP contribution in [0.5, 0.6) is 0 Å². The van der Waals surface area contributed by atoms with Crippen molar-refractivity contribution in [2.75, 3.05) is 13.7 Å². The second-order valence-electron chi connectivity index (χ2n) is 2.87. The van der Waals surface area contributed by atoms with E-state index in [0.717, 1.165) is 4.90 Å². The lowest BCUT2D eigenvalue weighted by atomic mass is 10.2. The molecule has 1 saturated heterocycles. The lowest BCUT2D eigenvalue weighted by Crippen LogP contribution is -2.40. The van der Waals surface area contributed by atoms with E-state index in [9.17, 15) is 9.59 Å². The fourth-order valence-electron chi connectivity index (χ4n) is 1.37. The average molecular weight is 189 g/mol. The molecule has 0 aromatic carbocycles. The van der Waals surface area contributed by atoms with Crippen molar-refractivity contribution in [1.29, 1.82) is 0 Å². The zero-order valence-corrected chi connectivity index (χ0v) is 7.14. The van der Waals surface area contributed by atoms with Gasteiger partial charge in [0.25, 0.3) is 0 Å². The number of carboxylic acids is 1. The summed E-state index contributed by atoms with van der Waals surface area (Å²) in [6.07, 6.45) is -1.44. The number of aliphatic hydroxyl groups is 1. The van der Waals surface area contributed by atoms with Crippen LogP contribution >= 0.6 is 0 Å². The van der Waals surface area contributed by atoms with E-state index in [1.807, 2.05) is 0 Å². The van der Waals surface area contributed by atoms with Crippen molar-refractivity contribution in [3.8, 4) is 0 Å². The second kappa shape index (κ2) is 3.61. The molecule has 0 bridgehead atoms. The highest BCUT2D eigenvalue weighted by Crippen LogP contribution is 2.18. The summed E-state index contributed by atoms with van der Waals surface area (Å²) >= 11 is 0. The first-order chi connectivity index (χ1) is 6.06. The number of ether oxygens (including phenoxy) is 1. The molecular formula is C7H11NO5. The summed E-state index contributed by atoms with van der Waals surface area (Å²) in [4.78, 5) is 22.6. The molecule has 1 fully saturated rings. The van der Waals surface area contributed by atoms with Gasteiger partial charge in [-0.3, -0.25) is 4.90 Å². The molecule has 1 amide bonds. The van der Waals surface area contributed by atoms with Crippen molar-refractivity contribution in [2.45, 2.75) is 18.6 Å². The van der Waals surface area contributed by atoms with Gasteiger partial charge in [0, 0.05) is 6.42 Å². The minimum absolute atomic E-state index is 0.0175. The summed E-state index contributed by atoms with van der Waals surface area (Å²) in [6.45, 7) is 0.0175. The summed E-state index contributed by atoms with van der Waals surface area (Å²) in [5.74, 6) is -1.12. The van der Waals surface area contributed by atoms with Gasteiger partial charge < -0.3 is 14.9 Å². The van der Waals surface area contributed by atoms with Crippen LogP contribution in [0, 0.1) is 0 Å². The van der Waals surface area contributed by atoms with Gasteiger partial charge in [0.15, 0.2) is 0 Å². The fourth-order valence-corrected chi connectivity index (χ4v) is 1.37. The van der Waals surface area contributed by atoms with E-state index in [4.69, 9.17) is 10.2 Å². The third-order valence-corrected chi connectivity index (χ3v) is 1.97. The highest BCUT2D eigenvalue weighted by Gasteiger charge is 2.39. The Balaban J connectivity index is 2.71. The van der Waals surface area contributed by atoms with Gasteiger partial charge in [-0.15, -0.1) is 0 Å². The Kier molecular flexibility index (Phi) is 2.72. The van der Waals surface area contributed by atoms with Gasteiger partial charge in [0.1, 0.15) is 6.04 Å². The maximum atomic E-state index is 11.0. The molecule has 2 N–H and O–H groups in total. The number of β-amino-alcohol motifs (C(OH)–C–C–N with tert-alkyl or cyclic N) is 1. The fraction of sp³-hybridized carbons (Fsp3) is 0.714. The van der Waals surface area contributed by atoms with E-state index in [0.29, 0.717) is 0 Å². The van der Waals surface area contributed by atoms with Gasteiger partial charge in [0.2, 0.25) is 0 Å². The molecule has 13 heavy (non-hydrogen) atoms. The SMILES string of the molecule is COC(=O)N1C[C@@H](O)C[C@@H]1C(=O)O. The van der Waals surface area contributed by atoms with E-state index in [1.165, 1.54) is 7.11 Å². The van der Waals surface area contributed by atoms with Crippen molar-refractivity contribution in [2.24, 2.45) is 0 Å². The van der Waals surface area contributed by atoms with Crippen molar-refractivity contribution < 1.29 is 24.5 Å². The number of hydrogen-bond acceptors (Lipinski definition) is 4. The number of likely N-dealkylation sites (tertiary alicyclic amines) is 1. The molecule has 0 radical (unpaired) electrons. The van der Waals surface area contributed by atoms with Crippen LogP contribution in [0.1, 0.15) is 6.42 Å². The number of carbonyl (C=O) groups excluding carboxylic acids is 1. The number of hydrogen-bond donors (Lipinski definition) is 2. The van der Waals surface area contributed by atoms with Crippen LogP contribution in [0.2, 0.25) is 0 Å². The van der Waals surface area contributed by atoms with Gasteiger partial charge in [-0.2, -0.15) is 0 Å². The third-order valence-electron chi connectivity index (χ3n) is 1.97. The quantitative estimate of drug-likeness (QED) is 0.568. The zero-order valence-electron chi connectivity index (χ0n) is 7.14. The molecule has 0 spiro atoms. The van der Waals surface area contributed by atoms with Crippen LogP contribution in [-0.2, 0) is 9.53 Å². The van der Waals surface area contributed by atoms with E-state index in [-0.39, 0.29) is 13.0 Å². The monoisotopic (exact) mass is 189 g/mol. The summed E-state index contributed by atoms with van der Waals surface area (Å²) in [5.41, 5.74) is 0. The molecule has 1 aliphatic rings. The summed E-state index contributed by atoms with van der Waals surface area (Å²) in [5, 5.41) is 17.8. The topological polar surface area (TPSA) is 87.1 Å². The normalized spacial score (nSPS) is 27.4. The maximum Gasteiger partial charge on any atom is 0.410 e. The van der Waals surface area contributed by atoms with Crippen LogP contribution in [0.15, 0.2) is 0 Å². The van der Waals surface area contributed by atoms with E-state index < -0.39 is 24.2 Å². The first-order valence-corrected chi connectivity index (χ1v) is 3.81. The number of aliphatic hydroxyl groups excluding tert-OH is 1. The Hall–Kier alpha value is -1.30. The maximum absolute atomic E-state index is 11.0. The second-order valence-corrected chi connectivity index (χ2v) is 2.87. The molecule has 1 heterocycles. The number of nitrogens with zero attached hydrogens (tertiary/aromatic N) is 1. The largest absolute Gasteiger partial charge is 0.480 e. The molecule has 6 nitrogen and oxygen atoms in total. The van der Waals surface area contributed by atoms with E-state index in [1.54, 1.807) is 0 Å². The highest BCUT2D eigenvalue weighted by molar-refractivity contribution is 5.80. The number of methoxy groups -OCH3 is 1. The molecule has 0 aromatic rings. The van der Waals surface area contributed by atoms with Gasteiger partial charge >= 0.3 is 12.1 Å². The summed E-state index contributed by atoms with van der Waals surface area (Å²) < 4.78 is 4.38. The Bertz CT molecular complexity index is 229. The number of aliphatic carboxylic acids is 1. The van der Waals surface area contributed by atoms with E-state index in [2.05, 4.69) is 4.74 Å². The lowest BCUT2D eigenvalue weighted by molar-refractivity contribution is -0.141. The molecule has 0 aromatic heterocycles. The summed E-state index contributed by atoms with van der Waals surface area (Å²) in [6, 6.07) is -0.970.